The van der Waals surface area contributed by atoms with E-state index in [1.165, 1.54) is 78.5 Å². The second-order valence-corrected chi connectivity index (χ2v) is 33.9. The first-order valence-corrected chi connectivity index (χ1v) is 39.7. The number of carbonyl (C=O) groups is 2. The number of nitrogens with zero attached hydrogens (tertiary/aromatic N) is 10. The Morgan fingerprint density at radius 1 is 0.608 bits per heavy atom. The van der Waals surface area contributed by atoms with Crippen LogP contribution in [0.4, 0.5) is 0 Å². The molecule has 3 heterocycles. The summed E-state index contributed by atoms with van der Waals surface area (Å²) in [6.45, 7) is 12.1. The van der Waals surface area contributed by atoms with Gasteiger partial charge >= 0.3 is 5.97 Å². The van der Waals surface area contributed by atoms with Crippen molar-refractivity contribution in [3.8, 4) is 45.9 Å². The number of unbranched alkanes of at least 4 members (excludes halogenated alkanes) is 9. The number of rotatable bonds is 28. The average molecular weight is 1480 g/mol. The lowest BCUT2D eigenvalue weighted by Gasteiger charge is -2.38. The third kappa shape index (κ3) is 17.4. The molecule has 22 nitrogen and oxygen atoms in total. The zero-order valence-electron chi connectivity index (χ0n) is 58.0. The van der Waals surface area contributed by atoms with Crippen LogP contribution in [0.2, 0.25) is 0 Å². The Morgan fingerprint density at radius 3 is 1.74 bits per heavy atom. The summed E-state index contributed by atoms with van der Waals surface area (Å²) in [6, 6.07) is 36.8. The molecule has 7 aromatic carbocycles. The summed E-state index contributed by atoms with van der Waals surface area (Å²) in [7, 11) is -3.78. The van der Waals surface area contributed by atoms with E-state index < -0.39 is 26.8 Å². The van der Waals surface area contributed by atoms with Gasteiger partial charge in [0.1, 0.15) is 40.1 Å². The van der Waals surface area contributed by atoms with Gasteiger partial charge in [-0.1, -0.05) is 181 Å². The molecule has 0 radical (unpaired) electrons. The van der Waals surface area contributed by atoms with Crippen LogP contribution in [0.1, 0.15) is 174 Å². The number of amides is 1. The molecule has 12 rings (SSSR count). The number of aliphatic hydroxyl groups is 1. The van der Waals surface area contributed by atoms with Gasteiger partial charge in [-0.2, -0.15) is 9.36 Å². The van der Waals surface area contributed by atoms with Gasteiger partial charge in [0.15, 0.2) is 8.68 Å². The van der Waals surface area contributed by atoms with Crippen molar-refractivity contribution in [2.24, 2.45) is 0 Å². The van der Waals surface area contributed by atoms with Crippen molar-refractivity contribution in [3.05, 3.63) is 177 Å². The third-order valence-electron chi connectivity index (χ3n) is 18.4. The van der Waals surface area contributed by atoms with Crippen LogP contribution in [0.5, 0.6) is 34.5 Å². The first kappa shape index (κ1) is 75.8. The number of benzene rings is 7. The number of hydrogen-bond donors (Lipinski definition) is 9. The predicted molar refractivity (Wildman–Crippen MR) is 400 cm³/mol. The van der Waals surface area contributed by atoms with E-state index in [0.29, 0.717) is 47.7 Å². The van der Waals surface area contributed by atoms with Crippen molar-refractivity contribution in [3.63, 3.8) is 0 Å². The molecule has 1 amide bonds. The number of hydrogen-bond acceptors (Lipinski definition) is 23. The minimum absolute atomic E-state index is 0.0152. The molecular formula is C75H87N11O11S5. The van der Waals surface area contributed by atoms with Crippen molar-refractivity contribution < 1.29 is 54.6 Å². The van der Waals surface area contributed by atoms with Crippen LogP contribution in [-0.2, 0) is 11.2 Å². The number of esters is 1. The fourth-order valence-electron chi connectivity index (χ4n) is 12.5. The van der Waals surface area contributed by atoms with Crippen molar-refractivity contribution in [2.75, 3.05) is 19.1 Å². The highest BCUT2D eigenvalue weighted by Crippen LogP contribution is 2.67. The fourth-order valence-corrected chi connectivity index (χ4v) is 19.2. The molecule has 10 aromatic rings. The minimum Gasteiger partial charge on any atom is -0.508 e. The molecule has 102 heavy (non-hydrogen) atoms. The van der Waals surface area contributed by atoms with E-state index >= 15 is 0 Å². The van der Waals surface area contributed by atoms with E-state index in [-0.39, 0.29) is 78.2 Å². The van der Waals surface area contributed by atoms with Crippen LogP contribution in [0.3, 0.4) is 0 Å². The zero-order chi connectivity index (χ0) is 72.7. The molecule has 2 aliphatic rings. The molecule has 0 spiro atoms. The van der Waals surface area contributed by atoms with Gasteiger partial charge in [0, 0.05) is 22.6 Å². The van der Waals surface area contributed by atoms with Gasteiger partial charge in [-0.3, -0.25) is 4.79 Å². The second-order valence-electron chi connectivity index (χ2n) is 25.6. The Bertz CT molecular complexity index is 4640. The van der Waals surface area contributed by atoms with E-state index in [2.05, 4.69) is 91.4 Å². The van der Waals surface area contributed by atoms with E-state index in [0.717, 1.165) is 120 Å². The molecule has 538 valence electrons. The number of fused-ring (bicyclic) bond motifs is 5. The maximum absolute atomic E-state index is 13.6. The average Bonchev–Trinajstić information content (AvgIpc) is 1.54. The minimum atomic E-state index is -3.78. The SMILES string of the molecule is C=S(O)(CO)(c1ccccc1)c1nnc(Sc2cc(O)c(C)cc2O)s1.CCCCCCCCCCCCOC(=O)c1c(O)c(C)c(C)c(O)c1Sc1nnnn1-c1ccccc1.Cc1ccc(CCCNC(=O)c2c(O)c3c(c(O)c2Sc2nnnn2-c2ccccc2)C2CCC3C2)c(C)c1. The molecule has 3 aromatic heterocycles. The van der Waals surface area contributed by atoms with Gasteiger partial charge in [-0.05, 0) is 206 Å². The maximum atomic E-state index is 13.6. The molecule has 9 N–H and O–H groups in total. The summed E-state index contributed by atoms with van der Waals surface area (Å²) in [5.41, 5.74) is 8.21. The highest BCUT2D eigenvalue weighted by molar-refractivity contribution is 8.43. The Morgan fingerprint density at radius 2 is 1.16 bits per heavy atom. The monoisotopic (exact) mass is 1480 g/mol. The Kier molecular flexibility index (Phi) is 25.6. The van der Waals surface area contributed by atoms with Gasteiger partial charge < -0.3 is 50.4 Å². The number of ether oxygens (including phenoxy) is 1. The summed E-state index contributed by atoms with van der Waals surface area (Å²) < 4.78 is 20.6. The van der Waals surface area contributed by atoms with Crippen molar-refractivity contribution in [1.82, 2.24) is 55.9 Å². The molecule has 2 aliphatic carbocycles. The number of phenolic OH excluding ortho intramolecular Hbond substituents is 6. The standard InChI is InChI=1S/C30H31N5O3S.C28H38N4O4S.C17H18N2O4S3/c1-17-10-11-19(18(2)15-17)7-6-14-31-29(38)25-26(36)23-20-12-13-21(16-20)24(23)27(37)28(25)39-30-32-33-34-35(30)22-8-4-3-5-9-22;1-4-5-6-7-8-9-10-11-12-16-19-36-27(35)23-24(33)20(2)21(3)25(34)26(23)37-28-29-30-31-32(28)22-17-14-13-15-18-22;1-11-8-14(22)15(9-13(11)21)24-16-18-19-17(25-16)26(2,23,10-20)12-6-4-3-5-7-12/h3-5,8-11,15,20-21,36-37H,6-7,12-14,16H2,1-2H3,(H,31,38);13-15,17-18,33-34H,4-12,16,19H2,1-3H3;3-9,20-23H,2,10H2,1H3. The number of carbonyl (C=O) groups excluding carboxylic acids is 2. The molecule has 2 unspecified atom stereocenters. The van der Waals surface area contributed by atoms with Gasteiger partial charge in [0.25, 0.3) is 5.91 Å². The van der Waals surface area contributed by atoms with E-state index in [4.69, 9.17) is 4.74 Å². The molecular weight excluding hydrogens is 1390 g/mol. The second kappa shape index (κ2) is 34.4. The number of nitrogens with one attached hydrogen (secondary N) is 1. The summed E-state index contributed by atoms with van der Waals surface area (Å²) in [4.78, 5) is 28.0. The molecule has 27 heteroatoms. The van der Waals surface area contributed by atoms with Gasteiger partial charge in [-0.25, -0.2) is 4.79 Å². The van der Waals surface area contributed by atoms with Crippen molar-refractivity contribution in [2.45, 2.75) is 188 Å². The van der Waals surface area contributed by atoms with Gasteiger partial charge in [-0.15, -0.1) is 20.4 Å². The molecule has 0 aliphatic heterocycles. The summed E-state index contributed by atoms with van der Waals surface area (Å²) >= 11 is 4.32. The largest absolute Gasteiger partial charge is 0.508 e. The number of aromatic hydroxyl groups is 6. The van der Waals surface area contributed by atoms with Crippen molar-refractivity contribution >= 4 is 73.4 Å². The lowest BCUT2D eigenvalue weighted by Crippen LogP contribution is -2.26. The molecule has 1 fully saturated rings. The summed E-state index contributed by atoms with van der Waals surface area (Å²) in [5, 5.41) is 110. The Balaban J connectivity index is 0.000000168. The number of para-hydroxylation sites is 2. The summed E-state index contributed by atoms with van der Waals surface area (Å²) in [5.74, 6) is 2.46. The summed E-state index contributed by atoms with van der Waals surface area (Å²) in [6.07, 6.45) is 16.3. The van der Waals surface area contributed by atoms with Crippen LogP contribution in [0.25, 0.3) is 11.4 Å². The smallest absolute Gasteiger partial charge is 0.343 e. The number of phenols is 6. The molecule has 2 atom stereocenters. The van der Waals surface area contributed by atoms with E-state index in [1.54, 1.807) is 49.7 Å². The van der Waals surface area contributed by atoms with Crippen LogP contribution in [0, 0.1) is 34.6 Å². The number of aryl methyl sites for hydroxylation is 4. The first-order valence-electron chi connectivity index (χ1n) is 34.0. The van der Waals surface area contributed by atoms with Gasteiger partial charge in [0.2, 0.25) is 10.3 Å². The fraction of sp³-hybridized carbons (Fsp3) is 0.347. The Hall–Kier alpha value is -8.83. The number of aromatic nitrogens is 10. The van der Waals surface area contributed by atoms with Crippen LogP contribution in [0.15, 0.2) is 160 Å². The van der Waals surface area contributed by atoms with Crippen LogP contribution < -0.4 is 5.32 Å². The third-order valence-corrected chi connectivity index (χ3v) is 26.5. The van der Waals surface area contributed by atoms with Gasteiger partial charge in [0.05, 0.1) is 44.2 Å². The maximum Gasteiger partial charge on any atom is 0.343 e. The van der Waals surface area contributed by atoms with E-state index in [1.807, 2.05) is 66.7 Å². The lowest BCUT2D eigenvalue weighted by atomic mass is 9.88. The predicted octanol–water partition coefficient (Wildman–Crippen LogP) is 16.5. The number of tetrazole rings is 2. The van der Waals surface area contributed by atoms with Crippen LogP contribution in [-0.4, -0.2) is 128 Å². The topological polar surface area (TPSA) is 330 Å². The first-order chi connectivity index (χ1) is 49.1. The molecule has 1 saturated carbocycles. The van der Waals surface area contributed by atoms with Crippen LogP contribution >= 0.6 is 55.7 Å². The highest BCUT2D eigenvalue weighted by atomic mass is 32.3. The molecule has 2 bridgehead atoms. The van der Waals surface area contributed by atoms with Crippen molar-refractivity contribution in [1.29, 1.82) is 0 Å². The lowest BCUT2D eigenvalue weighted by molar-refractivity contribution is 0.0488. The zero-order valence-corrected chi connectivity index (χ0v) is 62.0. The van der Waals surface area contributed by atoms with E-state index in [9.17, 15) is 49.9 Å². The quantitative estimate of drug-likeness (QED) is 0.00952. The molecule has 0 saturated heterocycles. The highest BCUT2D eigenvalue weighted by Gasteiger charge is 2.44. The normalized spacial score (nSPS) is 14.1. The Labute approximate surface area is 610 Å². The number of aliphatic hydroxyl groups excluding tert-OH is 1.